The maximum atomic E-state index is 5.77. The van der Waals surface area contributed by atoms with Crippen LogP contribution in [0, 0.1) is 0 Å². The van der Waals surface area contributed by atoms with Crippen molar-refractivity contribution in [3.8, 4) is 11.3 Å². The summed E-state index contributed by atoms with van der Waals surface area (Å²) in [5.41, 5.74) is 9.42. The van der Waals surface area contributed by atoms with Crippen LogP contribution in [0.5, 0.6) is 0 Å². The quantitative estimate of drug-likeness (QED) is 0.891. The van der Waals surface area contributed by atoms with Gasteiger partial charge in [0.05, 0.1) is 10.7 Å². The molecule has 2 N–H and O–H groups in total. The van der Waals surface area contributed by atoms with E-state index in [-0.39, 0.29) is 6.04 Å². The second-order valence-corrected chi connectivity index (χ2v) is 5.64. The van der Waals surface area contributed by atoms with Crippen molar-refractivity contribution in [3.63, 3.8) is 0 Å². The number of rotatable bonds is 5. The number of hydrogen-bond acceptors (Lipinski definition) is 3. The molecule has 2 nitrogen and oxygen atoms in total. The van der Waals surface area contributed by atoms with Gasteiger partial charge in [-0.2, -0.15) is 0 Å². The van der Waals surface area contributed by atoms with Gasteiger partial charge in [0.2, 0.25) is 0 Å². The molecule has 0 saturated carbocycles. The minimum Gasteiger partial charge on any atom is -0.328 e. The number of benzene rings is 1. The van der Waals surface area contributed by atoms with E-state index in [0.29, 0.717) is 0 Å². The standard InChI is InChI=1S/C15H20N2S/c1-3-12-5-7-13(8-6-12)14-10-18-15(17-14)9-4-11(2)16/h5-8,10-11H,3-4,9,16H2,1-2H3. The minimum atomic E-state index is 0.251. The van der Waals surface area contributed by atoms with Crippen molar-refractivity contribution < 1.29 is 0 Å². The Morgan fingerprint density at radius 3 is 2.61 bits per heavy atom. The highest BCUT2D eigenvalue weighted by Crippen LogP contribution is 2.23. The molecule has 2 aromatic rings. The van der Waals surface area contributed by atoms with E-state index < -0.39 is 0 Å². The molecule has 0 aliphatic rings. The summed E-state index contributed by atoms with van der Waals surface area (Å²) in [7, 11) is 0. The fourth-order valence-electron chi connectivity index (χ4n) is 1.82. The van der Waals surface area contributed by atoms with Crippen LogP contribution in [0.1, 0.15) is 30.8 Å². The second kappa shape index (κ2) is 6.12. The van der Waals surface area contributed by atoms with Crippen LogP contribution in [0.25, 0.3) is 11.3 Å². The molecular weight excluding hydrogens is 240 g/mol. The van der Waals surface area contributed by atoms with Gasteiger partial charge in [0.25, 0.3) is 0 Å². The minimum absolute atomic E-state index is 0.251. The Balaban J connectivity index is 2.08. The molecule has 18 heavy (non-hydrogen) atoms. The third-order valence-electron chi connectivity index (χ3n) is 3.02. The van der Waals surface area contributed by atoms with E-state index >= 15 is 0 Å². The van der Waals surface area contributed by atoms with Crippen molar-refractivity contribution in [2.45, 2.75) is 39.2 Å². The summed E-state index contributed by atoms with van der Waals surface area (Å²) >= 11 is 1.73. The van der Waals surface area contributed by atoms with Gasteiger partial charge in [-0.3, -0.25) is 0 Å². The molecule has 1 unspecified atom stereocenters. The van der Waals surface area contributed by atoms with Gasteiger partial charge in [-0.25, -0.2) is 4.98 Å². The summed E-state index contributed by atoms with van der Waals surface area (Å²) in [6.45, 7) is 4.21. The number of nitrogens with two attached hydrogens (primary N) is 1. The van der Waals surface area contributed by atoms with Crippen LogP contribution in [0.4, 0.5) is 0 Å². The Morgan fingerprint density at radius 2 is 2.00 bits per heavy atom. The Kier molecular flexibility index (Phi) is 4.50. The summed E-state index contributed by atoms with van der Waals surface area (Å²) in [5.74, 6) is 0. The van der Waals surface area contributed by atoms with Gasteiger partial charge >= 0.3 is 0 Å². The van der Waals surface area contributed by atoms with Gasteiger partial charge in [0, 0.05) is 23.4 Å². The summed E-state index contributed by atoms with van der Waals surface area (Å²) in [6.07, 6.45) is 3.06. The molecule has 0 amide bonds. The summed E-state index contributed by atoms with van der Waals surface area (Å²) in [6, 6.07) is 8.92. The van der Waals surface area contributed by atoms with Gasteiger partial charge < -0.3 is 5.73 Å². The first-order chi connectivity index (χ1) is 8.69. The lowest BCUT2D eigenvalue weighted by atomic mass is 10.1. The lowest BCUT2D eigenvalue weighted by Gasteiger charge is -2.01. The van der Waals surface area contributed by atoms with E-state index in [4.69, 9.17) is 5.73 Å². The van der Waals surface area contributed by atoms with E-state index in [1.807, 2.05) is 6.92 Å². The van der Waals surface area contributed by atoms with Gasteiger partial charge in [-0.05, 0) is 25.3 Å². The number of thiazole rings is 1. The van der Waals surface area contributed by atoms with Gasteiger partial charge in [0.1, 0.15) is 0 Å². The zero-order valence-electron chi connectivity index (χ0n) is 11.0. The molecule has 2 rings (SSSR count). The molecular formula is C15H20N2S. The second-order valence-electron chi connectivity index (χ2n) is 4.69. The largest absolute Gasteiger partial charge is 0.328 e. The van der Waals surface area contributed by atoms with Gasteiger partial charge in [0.15, 0.2) is 0 Å². The normalized spacial score (nSPS) is 12.6. The fourth-order valence-corrected chi connectivity index (χ4v) is 2.64. The molecule has 0 spiro atoms. The van der Waals surface area contributed by atoms with Crippen molar-refractivity contribution in [1.82, 2.24) is 4.98 Å². The Bertz CT molecular complexity index is 485. The molecule has 0 bridgehead atoms. The number of aryl methyl sites for hydroxylation is 2. The first kappa shape index (κ1) is 13.2. The summed E-state index contributed by atoms with van der Waals surface area (Å²) < 4.78 is 0. The number of hydrogen-bond donors (Lipinski definition) is 1. The molecule has 0 fully saturated rings. The highest BCUT2D eigenvalue weighted by atomic mass is 32.1. The van der Waals surface area contributed by atoms with Crippen LogP contribution in [-0.2, 0) is 12.8 Å². The van der Waals surface area contributed by atoms with Gasteiger partial charge in [-0.1, -0.05) is 31.2 Å². The number of nitrogens with zero attached hydrogens (tertiary/aromatic N) is 1. The molecule has 0 aliphatic heterocycles. The Morgan fingerprint density at radius 1 is 1.28 bits per heavy atom. The molecule has 1 heterocycles. The average Bonchev–Trinajstić information content (AvgIpc) is 2.85. The van der Waals surface area contributed by atoms with E-state index in [0.717, 1.165) is 25.0 Å². The van der Waals surface area contributed by atoms with Crippen LogP contribution >= 0.6 is 11.3 Å². The van der Waals surface area contributed by atoms with E-state index in [2.05, 4.69) is 41.6 Å². The lowest BCUT2D eigenvalue weighted by molar-refractivity contribution is 0.664. The maximum Gasteiger partial charge on any atom is 0.0933 e. The maximum absolute atomic E-state index is 5.77. The predicted molar refractivity (Wildman–Crippen MR) is 78.9 cm³/mol. The Labute approximate surface area is 113 Å². The lowest BCUT2D eigenvalue weighted by Crippen LogP contribution is -2.15. The highest BCUT2D eigenvalue weighted by molar-refractivity contribution is 7.09. The van der Waals surface area contributed by atoms with Crippen LogP contribution < -0.4 is 5.73 Å². The van der Waals surface area contributed by atoms with Crippen molar-refractivity contribution in [2.24, 2.45) is 5.73 Å². The monoisotopic (exact) mass is 260 g/mol. The number of aromatic nitrogens is 1. The van der Waals surface area contributed by atoms with Crippen molar-refractivity contribution in [1.29, 1.82) is 0 Å². The predicted octanol–water partition coefficient (Wildman–Crippen LogP) is 3.65. The molecule has 96 valence electrons. The molecule has 0 saturated heterocycles. The molecule has 1 aromatic heterocycles. The topological polar surface area (TPSA) is 38.9 Å². The van der Waals surface area contributed by atoms with Gasteiger partial charge in [-0.15, -0.1) is 11.3 Å². The molecule has 1 aromatic carbocycles. The zero-order valence-corrected chi connectivity index (χ0v) is 11.8. The third-order valence-corrected chi connectivity index (χ3v) is 3.93. The van der Waals surface area contributed by atoms with E-state index in [9.17, 15) is 0 Å². The molecule has 1 atom stereocenters. The molecule has 3 heteroatoms. The van der Waals surface area contributed by atoms with Crippen molar-refractivity contribution >= 4 is 11.3 Å². The van der Waals surface area contributed by atoms with Crippen LogP contribution in [0.3, 0.4) is 0 Å². The molecule has 0 aliphatic carbocycles. The van der Waals surface area contributed by atoms with Crippen molar-refractivity contribution in [2.75, 3.05) is 0 Å². The average molecular weight is 260 g/mol. The first-order valence-electron chi connectivity index (χ1n) is 6.48. The smallest absolute Gasteiger partial charge is 0.0933 e. The highest BCUT2D eigenvalue weighted by Gasteiger charge is 2.05. The van der Waals surface area contributed by atoms with E-state index in [1.54, 1.807) is 11.3 Å². The first-order valence-corrected chi connectivity index (χ1v) is 7.36. The summed E-state index contributed by atoms with van der Waals surface area (Å²) in [4.78, 5) is 4.67. The van der Waals surface area contributed by atoms with Crippen LogP contribution in [0.2, 0.25) is 0 Å². The summed E-state index contributed by atoms with van der Waals surface area (Å²) in [5, 5.41) is 3.32. The Hall–Kier alpha value is -1.19. The van der Waals surface area contributed by atoms with Crippen LogP contribution in [0.15, 0.2) is 29.6 Å². The van der Waals surface area contributed by atoms with Crippen molar-refractivity contribution in [3.05, 3.63) is 40.2 Å². The zero-order chi connectivity index (χ0) is 13.0. The van der Waals surface area contributed by atoms with E-state index in [1.165, 1.54) is 16.1 Å². The fraction of sp³-hybridized carbons (Fsp3) is 0.400. The third kappa shape index (κ3) is 3.40. The van der Waals surface area contributed by atoms with Crippen LogP contribution in [-0.4, -0.2) is 11.0 Å². The molecule has 0 radical (unpaired) electrons. The SMILES string of the molecule is CCc1ccc(-c2csc(CCC(C)N)n2)cc1.